The molecule has 1 aliphatic rings. The fourth-order valence-corrected chi connectivity index (χ4v) is 2.88. The summed E-state index contributed by atoms with van der Waals surface area (Å²) in [6.45, 7) is 7.59. The lowest BCUT2D eigenvalue weighted by atomic mass is 9.90. The minimum Gasteiger partial charge on any atom is -0.376 e. The molecule has 0 saturated carbocycles. The molecule has 1 rings (SSSR count). The van der Waals surface area contributed by atoms with Gasteiger partial charge in [0.15, 0.2) is 0 Å². The summed E-state index contributed by atoms with van der Waals surface area (Å²) in [5, 5.41) is 3.45. The predicted molar refractivity (Wildman–Crippen MR) is 79.0 cm³/mol. The summed E-state index contributed by atoms with van der Waals surface area (Å²) in [6, 6.07) is 0. The van der Waals surface area contributed by atoms with Gasteiger partial charge in [0.05, 0.1) is 12.7 Å². The molecule has 18 heavy (non-hydrogen) atoms. The molecule has 0 spiro atoms. The van der Waals surface area contributed by atoms with Gasteiger partial charge < -0.3 is 10.1 Å². The van der Waals surface area contributed by atoms with E-state index in [9.17, 15) is 0 Å². The lowest BCUT2D eigenvalue weighted by molar-refractivity contribution is 0.0115. The maximum Gasteiger partial charge on any atom is 0.0702 e. The Morgan fingerprint density at radius 3 is 2.50 bits per heavy atom. The van der Waals surface area contributed by atoms with Gasteiger partial charge in [-0.25, -0.2) is 0 Å². The average Bonchev–Trinajstić information content (AvgIpc) is 2.41. The van der Waals surface area contributed by atoms with Crippen LogP contribution in [0.2, 0.25) is 0 Å². The first-order valence-electron chi connectivity index (χ1n) is 8.19. The topological polar surface area (TPSA) is 21.3 Å². The van der Waals surface area contributed by atoms with E-state index in [1.807, 2.05) is 0 Å². The van der Waals surface area contributed by atoms with Gasteiger partial charge in [-0.1, -0.05) is 65.2 Å². The number of rotatable bonds is 10. The van der Waals surface area contributed by atoms with Crippen LogP contribution in [-0.2, 0) is 4.74 Å². The van der Waals surface area contributed by atoms with Crippen molar-refractivity contribution in [2.45, 2.75) is 77.7 Å². The Hall–Kier alpha value is -0.0800. The Morgan fingerprint density at radius 2 is 1.83 bits per heavy atom. The maximum absolute atomic E-state index is 5.85. The number of hydrogen-bond acceptors (Lipinski definition) is 2. The molecule has 2 nitrogen and oxygen atoms in total. The van der Waals surface area contributed by atoms with Crippen molar-refractivity contribution < 1.29 is 4.74 Å². The van der Waals surface area contributed by atoms with Gasteiger partial charge in [-0.05, 0) is 12.3 Å². The van der Waals surface area contributed by atoms with Gasteiger partial charge >= 0.3 is 0 Å². The third-order valence-corrected chi connectivity index (χ3v) is 4.03. The number of morpholine rings is 1. The Kier molecular flexibility index (Phi) is 9.59. The standard InChI is InChI=1S/C16H33NO/c1-3-5-7-8-10-15(9-6-4-2)13-16-14-17-11-12-18-16/h15-17H,3-14H2,1-2H3/t15?,16-/m1/s1. The van der Waals surface area contributed by atoms with Gasteiger partial charge in [0, 0.05) is 13.1 Å². The van der Waals surface area contributed by atoms with Gasteiger partial charge in [0.25, 0.3) is 0 Å². The average molecular weight is 255 g/mol. The number of ether oxygens (including phenoxy) is 1. The lowest BCUT2D eigenvalue weighted by Crippen LogP contribution is -2.39. The van der Waals surface area contributed by atoms with E-state index in [2.05, 4.69) is 19.2 Å². The highest BCUT2D eigenvalue weighted by atomic mass is 16.5. The van der Waals surface area contributed by atoms with E-state index in [4.69, 9.17) is 4.74 Å². The van der Waals surface area contributed by atoms with Gasteiger partial charge in [0.2, 0.25) is 0 Å². The molecule has 0 aliphatic carbocycles. The van der Waals surface area contributed by atoms with Gasteiger partial charge in [-0.2, -0.15) is 0 Å². The quantitative estimate of drug-likeness (QED) is 0.592. The smallest absolute Gasteiger partial charge is 0.0702 e. The van der Waals surface area contributed by atoms with Crippen LogP contribution in [0.15, 0.2) is 0 Å². The highest BCUT2D eigenvalue weighted by Crippen LogP contribution is 2.23. The van der Waals surface area contributed by atoms with Crippen molar-refractivity contribution in [3.05, 3.63) is 0 Å². The highest BCUT2D eigenvalue weighted by molar-refractivity contribution is 4.72. The first-order chi connectivity index (χ1) is 8.86. The van der Waals surface area contributed by atoms with Crippen molar-refractivity contribution in [3.63, 3.8) is 0 Å². The molecular weight excluding hydrogens is 222 g/mol. The fraction of sp³-hybridized carbons (Fsp3) is 1.00. The van der Waals surface area contributed by atoms with Crippen LogP contribution in [-0.4, -0.2) is 25.8 Å². The second-order valence-corrected chi connectivity index (χ2v) is 5.79. The van der Waals surface area contributed by atoms with Crippen LogP contribution in [0.3, 0.4) is 0 Å². The molecule has 0 aromatic rings. The zero-order valence-electron chi connectivity index (χ0n) is 12.5. The predicted octanol–water partition coefficient (Wildman–Crippen LogP) is 4.14. The Bertz CT molecular complexity index is 178. The van der Waals surface area contributed by atoms with E-state index in [0.29, 0.717) is 6.10 Å². The van der Waals surface area contributed by atoms with Crippen molar-refractivity contribution in [1.29, 1.82) is 0 Å². The maximum atomic E-state index is 5.85. The molecule has 1 unspecified atom stereocenters. The summed E-state index contributed by atoms with van der Waals surface area (Å²) in [4.78, 5) is 0. The van der Waals surface area contributed by atoms with Gasteiger partial charge in [-0.15, -0.1) is 0 Å². The normalized spacial score (nSPS) is 22.0. The zero-order valence-corrected chi connectivity index (χ0v) is 12.5. The molecule has 1 fully saturated rings. The Labute approximate surface area is 114 Å². The largest absolute Gasteiger partial charge is 0.376 e. The van der Waals surface area contributed by atoms with E-state index in [1.165, 1.54) is 57.8 Å². The van der Waals surface area contributed by atoms with Crippen LogP contribution in [0, 0.1) is 5.92 Å². The number of nitrogens with one attached hydrogen (secondary N) is 1. The molecule has 1 N–H and O–H groups in total. The number of hydrogen-bond donors (Lipinski definition) is 1. The molecule has 0 aromatic carbocycles. The molecular formula is C16H33NO. The minimum atomic E-state index is 0.479. The van der Waals surface area contributed by atoms with E-state index in [0.717, 1.165) is 25.6 Å². The Balaban J connectivity index is 2.20. The van der Waals surface area contributed by atoms with E-state index in [-0.39, 0.29) is 0 Å². The van der Waals surface area contributed by atoms with Crippen LogP contribution in [0.4, 0.5) is 0 Å². The van der Waals surface area contributed by atoms with E-state index in [1.54, 1.807) is 0 Å². The molecule has 1 saturated heterocycles. The second-order valence-electron chi connectivity index (χ2n) is 5.79. The molecule has 0 bridgehead atoms. The molecule has 108 valence electrons. The summed E-state index contributed by atoms with van der Waals surface area (Å²) in [5.41, 5.74) is 0. The van der Waals surface area contributed by atoms with E-state index < -0.39 is 0 Å². The van der Waals surface area contributed by atoms with Crippen molar-refractivity contribution in [2.75, 3.05) is 19.7 Å². The molecule has 0 aromatic heterocycles. The zero-order chi connectivity index (χ0) is 13.1. The highest BCUT2D eigenvalue weighted by Gasteiger charge is 2.18. The van der Waals surface area contributed by atoms with Crippen LogP contribution in [0.5, 0.6) is 0 Å². The molecule has 1 aliphatic heterocycles. The summed E-state index contributed by atoms with van der Waals surface area (Å²) >= 11 is 0. The van der Waals surface area contributed by atoms with Crippen molar-refractivity contribution >= 4 is 0 Å². The monoisotopic (exact) mass is 255 g/mol. The molecule has 0 radical (unpaired) electrons. The SMILES string of the molecule is CCCCCCC(CCCC)C[C@@H]1CNCCO1. The van der Waals surface area contributed by atoms with Crippen LogP contribution in [0.25, 0.3) is 0 Å². The van der Waals surface area contributed by atoms with Crippen molar-refractivity contribution in [1.82, 2.24) is 5.32 Å². The third kappa shape index (κ3) is 7.38. The molecule has 1 heterocycles. The van der Waals surface area contributed by atoms with E-state index >= 15 is 0 Å². The summed E-state index contributed by atoms with van der Waals surface area (Å²) < 4.78 is 5.85. The Morgan fingerprint density at radius 1 is 1.06 bits per heavy atom. The van der Waals surface area contributed by atoms with Crippen LogP contribution in [0.1, 0.15) is 71.6 Å². The van der Waals surface area contributed by atoms with Crippen LogP contribution >= 0.6 is 0 Å². The molecule has 2 atom stereocenters. The first kappa shape index (κ1) is 16.0. The third-order valence-electron chi connectivity index (χ3n) is 4.03. The second kappa shape index (κ2) is 10.8. The van der Waals surface area contributed by atoms with Crippen molar-refractivity contribution in [2.24, 2.45) is 5.92 Å². The summed E-state index contributed by atoms with van der Waals surface area (Å²) in [6.07, 6.45) is 12.9. The summed E-state index contributed by atoms with van der Waals surface area (Å²) in [7, 11) is 0. The number of unbranched alkanes of at least 4 members (excludes halogenated alkanes) is 4. The van der Waals surface area contributed by atoms with Crippen molar-refractivity contribution in [3.8, 4) is 0 Å². The minimum absolute atomic E-state index is 0.479. The van der Waals surface area contributed by atoms with Gasteiger partial charge in [0.1, 0.15) is 0 Å². The fourth-order valence-electron chi connectivity index (χ4n) is 2.88. The molecule has 0 amide bonds. The first-order valence-corrected chi connectivity index (χ1v) is 8.19. The lowest BCUT2D eigenvalue weighted by Gasteiger charge is -2.27. The molecule has 2 heteroatoms. The summed E-state index contributed by atoms with van der Waals surface area (Å²) in [5.74, 6) is 0.895. The van der Waals surface area contributed by atoms with Gasteiger partial charge in [-0.3, -0.25) is 0 Å². The van der Waals surface area contributed by atoms with Crippen LogP contribution < -0.4 is 5.32 Å².